The first-order valence-corrected chi connectivity index (χ1v) is 6.23. The van der Waals surface area contributed by atoms with Crippen LogP contribution in [0.3, 0.4) is 0 Å². The van der Waals surface area contributed by atoms with Crippen molar-refractivity contribution in [3.63, 3.8) is 0 Å². The molecule has 0 atom stereocenters. The Hall–Kier alpha value is -1.75. The number of nitrogens with one attached hydrogen (secondary N) is 1. The van der Waals surface area contributed by atoms with E-state index in [1.807, 2.05) is 38.1 Å². The van der Waals surface area contributed by atoms with Crippen molar-refractivity contribution in [2.75, 3.05) is 5.32 Å². The van der Waals surface area contributed by atoms with Crippen molar-refractivity contribution in [1.29, 1.82) is 0 Å². The maximum Gasteiger partial charge on any atom is 0.274 e. The van der Waals surface area contributed by atoms with E-state index in [1.54, 1.807) is 0 Å². The highest BCUT2D eigenvalue weighted by molar-refractivity contribution is 9.10. The number of benzene rings is 1. The second-order valence-electron chi connectivity index (χ2n) is 3.87. The Morgan fingerprint density at radius 3 is 2.67 bits per heavy atom. The maximum atomic E-state index is 12.1. The summed E-state index contributed by atoms with van der Waals surface area (Å²) in [7, 11) is 0. The van der Waals surface area contributed by atoms with Crippen LogP contribution in [-0.2, 0) is 0 Å². The van der Waals surface area contributed by atoms with Gasteiger partial charge in [0.15, 0.2) is 0 Å². The van der Waals surface area contributed by atoms with Crippen molar-refractivity contribution in [3.8, 4) is 0 Å². The van der Waals surface area contributed by atoms with Gasteiger partial charge in [-0.05, 0) is 41.9 Å². The Bertz CT molecular complexity index is 599. The second kappa shape index (κ2) is 5.27. The number of para-hydroxylation sites is 1. The molecule has 5 heteroatoms. The molecule has 0 spiro atoms. The highest BCUT2D eigenvalue weighted by atomic mass is 79.9. The normalized spacial score (nSPS) is 10.2. The summed E-state index contributed by atoms with van der Waals surface area (Å²) >= 11 is 3.38. The van der Waals surface area contributed by atoms with Gasteiger partial charge in [-0.1, -0.05) is 12.1 Å². The summed E-state index contributed by atoms with van der Waals surface area (Å²) in [5.74, 6) is -0.232. The smallest absolute Gasteiger partial charge is 0.274 e. The van der Waals surface area contributed by atoms with E-state index in [-0.39, 0.29) is 5.91 Å². The Morgan fingerprint density at radius 2 is 1.94 bits per heavy atom. The Morgan fingerprint density at radius 1 is 1.22 bits per heavy atom. The Kier molecular flexibility index (Phi) is 3.72. The lowest BCUT2D eigenvalue weighted by Gasteiger charge is -2.09. The zero-order valence-corrected chi connectivity index (χ0v) is 11.7. The summed E-state index contributed by atoms with van der Waals surface area (Å²) in [6.45, 7) is 3.69. The molecule has 4 nitrogen and oxygen atoms in total. The lowest BCUT2D eigenvalue weighted by molar-refractivity contribution is 0.102. The van der Waals surface area contributed by atoms with Crippen LogP contribution in [0.5, 0.6) is 0 Å². The zero-order chi connectivity index (χ0) is 13.1. The van der Waals surface area contributed by atoms with E-state index in [2.05, 4.69) is 31.2 Å². The molecule has 0 aliphatic carbocycles. The number of halogens is 1. The van der Waals surface area contributed by atoms with Crippen molar-refractivity contribution < 1.29 is 4.79 Å². The summed E-state index contributed by atoms with van der Waals surface area (Å²) in [5, 5.41) is 2.82. The average molecular weight is 306 g/mol. The van der Waals surface area contributed by atoms with Crippen LogP contribution in [0.1, 0.15) is 21.7 Å². The van der Waals surface area contributed by atoms with Crippen LogP contribution in [0.2, 0.25) is 0 Å². The largest absolute Gasteiger partial charge is 0.320 e. The third kappa shape index (κ3) is 2.56. The molecule has 1 aromatic carbocycles. The SMILES string of the molecule is Cc1ncnc(C(=O)Nc2ccccc2Br)c1C. The van der Waals surface area contributed by atoms with Crippen LogP contribution < -0.4 is 5.32 Å². The predicted molar refractivity (Wildman–Crippen MR) is 73.6 cm³/mol. The van der Waals surface area contributed by atoms with Crippen LogP contribution in [0, 0.1) is 13.8 Å². The van der Waals surface area contributed by atoms with Gasteiger partial charge in [-0.25, -0.2) is 9.97 Å². The fraction of sp³-hybridized carbons (Fsp3) is 0.154. The Balaban J connectivity index is 2.28. The van der Waals surface area contributed by atoms with Gasteiger partial charge >= 0.3 is 0 Å². The van der Waals surface area contributed by atoms with Gasteiger partial charge in [0, 0.05) is 15.7 Å². The fourth-order valence-electron chi connectivity index (χ4n) is 1.51. The molecule has 1 heterocycles. The third-order valence-electron chi connectivity index (χ3n) is 2.67. The molecule has 0 fully saturated rings. The number of carbonyl (C=O) groups is 1. The molecule has 0 aliphatic heterocycles. The van der Waals surface area contributed by atoms with Crippen molar-refractivity contribution in [1.82, 2.24) is 9.97 Å². The molecule has 2 rings (SSSR count). The van der Waals surface area contributed by atoms with Gasteiger partial charge in [0.25, 0.3) is 5.91 Å². The number of hydrogen-bond donors (Lipinski definition) is 1. The number of carbonyl (C=O) groups excluding carboxylic acids is 1. The fourth-order valence-corrected chi connectivity index (χ4v) is 1.90. The lowest BCUT2D eigenvalue weighted by Crippen LogP contribution is -2.16. The minimum Gasteiger partial charge on any atom is -0.320 e. The summed E-state index contributed by atoms with van der Waals surface area (Å²) in [6.07, 6.45) is 1.40. The van der Waals surface area contributed by atoms with Crippen LogP contribution >= 0.6 is 15.9 Å². The van der Waals surface area contributed by atoms with Gasteiger partial charge in [0.2, 0.25) is 0 Å². The van der Waals surface area contributed by atoms with Gasteiger partial charge in [-0.3, -0.25) is 4.79 Å². The summed E-state index contributed by atoms with van der Waals surface area (Å²) in [6, 6.07) is 7.44. The average Bonchev–Trinajstić information content (AvgIpc) is 2.35. The van der Waals surface area contributed by atoms with Crippen LogP contribution in [-0.4, -0.2) is 15.9 Å². The quantitative estimate of drug-likeness (QED) is 0.927. The van der Waals surface area contributed by atoms with Gasteiger partial charge in [0.1, 0.15) is 12.0 Å². The predicted octanol–water partition coefficient (Wildman–Crippen LogP) is 3.11. The van der Waals surface area contributed by atoms with Crippen molar-refractivity contribution in [3.05, 3.63) is 52.0 Å². The molecule has 0 saturated carbocycles. The molecule has 92 valence electrons. The lowest BCUT2D eigenvalue weighted by atomic mass is 10.2. The second-order valence-corrected chi connectivity index (χ2v) is 4.72. The molecule has 1 amide bonds. The molecule has 18 heavy (non-hydrogen) atoms. The molecule has 0 saturated heterocycles. The third-order valence-corrected chi connectivity index (χ3v) is 3.36. The number of aromatic nitrogens is 2. The molecule has 0 aliphatic rings. The number of aryl methyl sites for hydroxylation is 1. The van der Waals surface area contributed by atoms with E-state index in [4.69, 9.17) is 0 Å². The zero-order valence-electron chi connectivity index (χ0n) is 10.1. The van der Waals surface area contributed by atoms with Gasteiger partial charge in [-0.15, -0.1) is 0 Å². The van der Waals surface area contributed by atoms with E-state index in [1.165, 1.54) is 6.33 Å². The van der Waals surface area contributed by atoms with Crippen molar-refractivity contribution in [2.24, 2.45) is 0 Å². The van der Waals surface area contributed by atoms with E-state index in [0.29, 0.717) is 5.69 Å². The van der Waals surface area contributed by atoms with E-state index in [0.717, 1.165) is 21.4 Å². The highest BCUT2D eigenvalue weighted by Crippen LogP contribution is 2.22. The molecular weight excluding hydrogens is 294 g/mol. The van der Waals surface area contributed by atoms with E-state index in [9.17, 15) is 4.79 Å². The summed E-state index contributed by atoms with van der Waals surface area (Å²) in [4.78, 5) is 20.2. The Labute approximate surface area is 114 Å². The number of nitrogens with zero attached hydrogens (tertiary/aromatic N) is 2. The number of rotatable bonds is 2. The highest BCUT2D eigenvalue weighted by Gasteiger charge is 2.13. The van der Waals surface area contributed by atoms with Crippen molar-refractivity contribution in [2.45, 2.75) is 13.8 Å². The number of amides is 1. The van der Waals surface area contributed by atoms with E-state index < -0.39 is 0 Å². The summed E-state index contributed by atoms with van der Waals surface area (Å²) < 4.78 is 0.835. The minimum atomic E-state index is -0.232. The monoisotopic (exact) mass is 305 g/mol. The summed E-state index contributed by atoms with van der Waals surface area (Å²) in [5.41, 5.74) is 2.72. The standard InChI is InChI=1S/C13H12BrN3O/c1-8-9(2)15-7-16-12(8)13(18)17-11-6-4-3-5-10(11)14/h3-7H,1-2H3,(H,17,18). The van der Waals surface area contributed by atoms with Crippen LogP contribution in [0.25, 0.3) is 0 Å². The molecule has 2 aromatic rings. The molecular formula is C13H12BrN3O. The maximum absolute atomic E-state index is 12.1. The first-order valence-electron chi connectivity index (χ1n) is 5.43. The molecule has 0 bridgehead atoms. The topological polar surface area (TPSA) is 54.9 Å². The van der Waals surface area contributed by atoms with Gasteiger partial charge < -0.3 is 5.32 Å². The number of anilines is 1. The first kappa shape index (κ1) is 12.7. The molecule has 0 radical (unpaired) electrons. The first-order chi connectivity index (χ1) is 8.59. The molecule has 0 unspecified atom stereocenters. The van der Waals surface area contributed by atoms with Gasteiger partial charge in [0.05, 0.1) is 5.69 Å². The minimum absolute atomic E-state index is 0.232. The van der Waals surface area contributed by atoms with Gasteiger partial charge in [-0.2, -0.15) is 0 Å². The molecule has 1 N–H and O–H groups in total. The number of hydrogen-bond acceptors (Lipinski definition) is 3. The van der Waals surface area contributed by atoms with Crippen LogP contribution in [0.4, 0.5) is 5.69 Å². The van der Waals surface area contributed by atoms with E-state index >= 15 is 0 Å². The molecule has 1 aromatic heterocycles. The van der Waals surface area contributed by atoms with Crippen LogP contribution in [0.15, 0.2) is 35.1 Å². The van der Waals surface area contributed by atoms with Crippen molar-refractivity contribution >= 4 is 27.5 Å².